The Hall–Kier alpha value is -1.33. The second kappa shape index (κ2) is 5.14. The van der Waals surface area contributed by atoms with Gasteiger partial charge in [0, 0.05) is 38.3 Å². The molecule has 1 aromatic heterocycles. The highest BCUT2D eigenvalue weighted by molar-refractivity contribution is 5.69. The molecular weight excluding hydrogens is 208 g/mol. The number of aliphatic carboxylic acids is 1. The summed E-state index contributed by atoms with van der Waals surface area (Å²) in [6.45, 7) is 4.52. The first kappa shape index (κ1) is 11.2. The van der Waals surface area contributed by atoms with E-state index in [2.05, 4.69) is 4.90 Å². The monoisotopic (exact) mass is 224 g/mol. The fourth-order valence-corrected chi connectivity index (χ4v) is 1.94. The molecule has 0 aliphatic carbocycles. The lowest BCUT2D eigenvalue weighted by atomic mass is 10.2. The smallest absolute Gasteiger partial charge is 0.317 e. The molecule has 0 atom stereocenters. The molecule has 0 saturated carbocycles. The Morgan fingerprint density at radius 1 is 1.31 bits per heavy atom. The molecule has 0 radical (unpaired) electrons. The highest BCUT2D eigenvalue weighted by Gasteiger charge is 2.18. The van der Waals surface area contributed by atoms with Crippen LogP contribution in [0.25, 0.3) is 0 Å². The van der Waals surface area contributed by atoms with E-state index in [9.17, 15) is 4.79 Å². The average molecular weight is 224 g/mol. The van der Waals surface area contributed by atoms with Crippen molar-refractivity contribution in [2.45, 2.75) is 6.54 Å². The maximum absolute atomic E-state index is 10.5. The van der Waals surface area contributed by atoms with Gasteiger partial charge in [-0.2, -0.15) is 0 Å². The van der Waals surface area contributed by atoms with Gasteiger partial charge in [-0.1, -0.05) is 0 Å². The van der Waals surface area contributed by atoms with Gasteiger partial charge in [-0.3, -0.25) is 14.6 Å². The van der Waals surface area contributed by atoms with Crippen molar-refractivity contribution in [3.63, 3.8) is 0 Å². The molecule has 0 spiro atoms. The van der Waals surface area contributed by atoms with Gasteiger partial charge < -0.3 is 9.52 Å². The molecule has 5 heteroatoms. The molecule has 1 aliphatic heterocycles. The van der Waals surface area contributed by atoms with E-state index in [4.69, 9.17) is 9.52 Å². The normalized spacial score (nSPS) is 18.8. The van der Waals surface area contributed by atoms with E-state index in [0.29, 0.717) is 0 Å². The SMILES string of the molecule is O=C(O)CN1CCN(Cc2ccoc2)CC1. The Labute approximate surface area is 94.2 Å². The molecule has 5 nitrogen and oxygen atoms in total. The zero-order chi connectivity index (χ0) is 11.4. The number of furan rings is 1. The van der Waals surface area contributed by atoms with Crippen LogP contribution in [0.5, 0.6) is 0 Å². The van der Waals surface area contributed by atoms with E-state index < -0.39 is 5.97 Å². The minimum atomic E-state index is -0.747. The third-order valence-corrected chi connectivity index (χ3v) is 2.81. The lowest BCUT2D eigenvalue weighted by Crippen LogP contribution is -2.47. The molecule has 88 valence electrons. The van der Waals surface area contributed by atoms with Crippen molar-refractivity contribution in [1.82, 2.24) is 9.80 Å². The van der Waals surface area contributed by atoms with Crippen molar-refractivity contribution < 1.29 is 14.3 Å². The quantitative estimate of drug-likeness (QED) is 0.806. The highest BCUT2D eigenvalue weighted by Crippen LogP contribution is 2.08. The zero-order valence-corrected chi connectivity index (χ0v) is 9.13. The van der Waals surface area contributed by atoms with Crippen LogP contribution in [-0.4, -0.2) is 53.6 Å². The average Bonchev–Trinajstić information content (AvgIpc) is 2.73. The minimum Gasteiger partial charge on any atom is -0.480 e. The van der Waals surface area contributed by atoms with Gasteiger partial charge in [0.2, 0.25) is 0 Å². The van der Waals surface area contributed by atoms with Crippen molar-refractivity contribution in [2.24, 2.45) is 0 Å². The predicted octanol–water partition coefficient (Wildman–Crippen LogP) is 0.482. The second-order valence-corrected chi connectivity index (χ2v) is 4.08. The molecule has 2 heterocycles. The number of rotatable bonds is 4. The summed E-state index contributed by atoms with van der Waals surface area (Å²) in [6.07, 6.45) is 3.43. The number of nitrogens with zero attached hydrogens (tertiary/aromatic N) is 2. The lowest BCUT2D eigenvalue weighted by molar-refractivity contribution is -0.138. The summed E-state index contributed by atoms with van der Waals surface area (Å²) in [5, 5.41) is 8.67. The molecule has 0 unspecified atom stereocenters. The van der Waals surface area contributed by atoms with Crippen LogP contribution in [-0.2, 0) is 11.3 Å². The van der Waals surface area contributed by atoms with Gasteiger partial charge in [0.05, 0.1) is 19.1 Å². The van der Waals surface area contributed by atoms with Crippen LogP contribution in [0.1, 0.15) is 5.56 Å². The van der Waals surface area contributed by atoms with Crippen molar-refractivity contribution in [2.75, 3.05) is 32.7 Å². The van der Waals surface area contributed by atoms with Gasteiger partial charge in [-0.05, 0) is 6.07 Å². The Bertz CT molecular complexity index is 329. The topological polar surface area (TPSA) is 56.9 Å². The molecule has 0 aromatic carbocycles. The number of carboxylic acids is 1. The maximum atomic E-state index is 10.5. The van der Waals surface area contributed by atoms with E-state index in [-0.39, 0.29) is 6.54 Å². The second-order valence-electron chi connectivity index (χ2n) is 4.08. The molecule has 0 bridgehead atoms. The minimum absolute atomic E-state index is 0.152. The first-order chi connectivity index (χ1) is 7.74. The third kappa shape index (κ3) is 3.08. The van der Waals surface area contributed by atoms with Crippen molar-refractivity contribution in [1.29, 1.82) is 0 Å². The van der Waals surface area contributed by atoms with Gasteiger partial charge in [0.1, 0.15) is 0 Å². The van der Waals surface area contributed by atoms with Crippen LogP contribution in [0.2, 0.25) is 0 Å². The van der Waals surface area contributed by atoms with E-state index in [0.717, 1.165) is 32.7 Å². The molecule has 1 aliphatic rings. The van der Waals surface area contributed by atoms with E-state index in [1.807, 2.05) is 11.0 Å². The molecule has 1 saturated heterocycles. The predicted molar refractivity (Wildman–Crippen MR) is 58.1 cm³/mol. The molecular formula is C11H16N2O3. The summed E-state index contributed by atoms with van der Waals surface area (Å²) < 4.78 is 5.01. The maximum Gasteiger partial charge on any atom is 0.317 e. The summed E-state index contributed by atoms with van der Waals surface area (Å²) in [6, 6.07) is 1.96. The van der Waals surface area contributed by atoms with Gasteiger partial charge in [0.25, 0.3) is 0 Å². The van der Waals surface area contributed by atoms with Crippen molar-refractivity contribution in [3.05, 3.63) is 24.2 Å². The Kier molecular flexibility index (Phi) is 3.58. The largest absolute Gasteiger partial charge is 0.480 e. The molecule has 1 aromatic rings. The Morgan fingerprint density at radius 3 is 2.56 bits per heavy atom. The third-order valence-electron chi connectivity index (χ3n) is 2.81. The van der Waals surface area contributed by atoms with Crippen LogP contribution >= 0.6 is 0 Å². The Morgan fingerprint density at radius 2 is 2.00 bits per heavy atom. The van der Waals surface area contributed by atoms with Crippen LogP contribution in [0, 0.1) is 0 Å². The molecule has 0 amide bonds. The summed E-state index contributed by atoms with van der Waals surface area (Å²) >= 11 is 0. The number of carbonyl (C=O) groups is 1. The van der Waals surface area contributed by atoms with Gasteiger partial charge in [-0.25, -0.2) is 0 Å². The molecule has 16 heavy (non-hydrogen) atoms. The molecule has 1 fully saturated rings. The summed E-state index contributed by atoms with van der Waals surface area (Å²) in [7, 11) is 0. The highest BCUT2D eigenvalue weighted by atomic mass is 16.4. The van der Waals surface area contributed by atoms with Crippen LogP contribution in [0.4, 0.5) is 0 Å². The number of hydrogen-bond acceptors (Lipinski definition) is 4. The van der Waals surface area contributed by atoms with Gasteiger partial charge in [0.15, 0.2) is 0 Å². The fraction of sp³-hybridized carbons (Fsp3) is 0.545. The molecule has 1 N–H and O–H groups in total. The van der Waals surface area contributed by atoms with Crippen molar-refractivity contribution in [3.8, 4) is 0 Å². The zero-order valence-electron chi connectivity index (χ0n) is 9.13. The van der Waals surface area contributed by atoms with Crippen LogP contribution in [0.3, 0.4) is 0 Å². The van der Waals surface area contributed by atoms with E-state index >= 15 is 0 Å². The Balaban J connectivity index is 1.75. The first-order valence-electron chi connectivity index (χ1n) is 5.41. The van der Waals surface area contributed by atoms with E-state index in [1.54, 1.807) is 12.5 Å². The number of carboxylic acid groups (broad SMARTS) is 1. The van der Waals surface area contributed by atoms with E-state index in [1.165, 1.54) is 5.56 Å². The summed E-state index contributed by atoms with van der Waals surface area (Å²) in [5.74, 6) is -0.747. The van der Waals surface area contributed by atoms with Crippen LogP contribution in [0.15, 0.2) is 23.0 Å². The summed E-state index contributed by atoms with van der Waals surface area (Å²) in [4.78, 5) is 14.8. The standard InChI is InChI=1S/C11H16N2O3/c14-11(15)8-13-4-2-12(3-5-13)7-10-1-6-16-9-10/h1,6,9H,2-5,7-8H2,(H,14,15). The van der Waals surface area contributed by atoms with Gasteiger partial charge >= 0.3 is 5.97 Å². The number of hydrogen-bond donors (Lipinski definition) is 1. The van der Waals surface area contributed by atoms with Crippen LogP contribution < -0.4 is 0 Å². The lowest BCUT2D eigenvalue weighted by Gasteiger charge is -2.33. The fourth-order valence-electron chi connectivity index (χ4n) is 1.94. The molecule has 2 rings (SSSR count). The summed E-state index contributed by atoms with van der Waals surface area (Å²) in [5.41, 5.74) is 1.17. The number of piperazine rings is 1. The van der Waals surface area contributed by atoms with Crippen molar-refractivity contribution >= 4 is 5.97 Å². The van der Waals surface area contributed by atoms with Gasteiger partial charge in [-0.15, -0.1) is 0 Å². The first-order valence-corrected chi connectivity index (χ1v) is 5.41.